The van der Waals surface area contributed by atoms with E-state index in [0.717, 1.165) is 38.3 Å². The maximum absolute atomic E-state index is 11.4. The Labute approximate surface area is 157 Å². The minimum atomic E-state index is -3.10. The second-order valence-electron chi connectivity index (χ2n) is 6.33. The zero-order chi connectivity index (χ0) is 18.8. The number of sulfonamides is 1. The van der Waals surface area contributed by atoms with Crippen LogP contribution in [0.1, 0.15) is 31.7 Å². The van der Waals surface area contributed by atoms with E-state index in [1.807, 2.05) is 6.07 Å². The summed E-state index contributed by atoms with van der Waals surface area (Å²) in [5.41, 5.74) is 2.73. The van der Waals surface area contributed by atoms with E-state index in [1.165, 1.54) is 11.1 Å². The molecule has 7 heteroatoms. The number of aliphatic imine (C=N–C) groups is 1. The highest BCUT2D eigenvalue weighted by Gasteiger charge is 2.17. The molecule has 0 radical (unpaired) electrons. The molecule has 1 fully saturated rings. The SMILES string of the molecule is CCS(=O)(=O)NCCCNC(=NC)N1CCC(=Cc2ccccc2)CC1. The molecule has 2 rings (SSSR count). The Morgan fingerprint density at radius 3 is 2.50 bits per heavy atom. The molecular formula is C19H30N4O2S. The summed E-state index contributed by atoms with van der Waals surface area (Å²) in [4.78, 5) is 6.62. The zero-order valence-electron chi connectivity index (χ0n) is 15.7. The Bertz CT molecular complexity index is 704. The number of guanidine groups is 1. The van der Waals surface area contributed by atoms with Gasteiger partial charge in [0.05, 0.1) is 5.75 Å². The van der Waals surface area contributed by atoms with E-state index in [1.54, 1.807) is 14.0 Å². The smallest absolute Gasteiger partial charge is 0.211 e. The van der Waals surface area contributed by atoms with E-state index in [9.17, 15) is 8.42 Å². The first-order valence-electron chi connectivity index (χ1n) is 9.21. The summed E-state index contributed by atoms with van der Waals surface area (Å²) in [6.07, 6.45) is 5.08. The summed E-state index contributed by atoms with van der Waals surface area (Å²) < 4.78 is 25.4. The first-order valence-corrected chi connectivity index (χ1v) is 10.9. The van der Waals surface area contributed by atoms with E-state index < -0.39 is 10.0 Å². The van der Waals surface area contributed by atoms with Gasteiger partial charge in [0.1, 0.15) is 0 Å². The number of hydrogen-bond acceptors (Lipinski definition) is 3. The fraction of sp³-hybridized carbons (Fsp3) is 0.526. The van der Waals surface area contributed by atoms with Crippen LogP contribution in [0.2, 0.25) is 0 Å². The van der Waals surface area contributed by atoms with Crippen molar-refractivity contribution in [3.8, 4) is 0 Å². The normalized spacial score (nSPS) is 15.8. The quantitative estimate of drug-likeness (QED) is 0.433. The predicted molar refractivity (Wildman–Crippen MR) is 109 cm³/mol. The highest BCUT2D eigenvalue weighted by molar-refractivity contribution is 7.89. The molecule has 2 N–H and O–H groups in total. The summed E-state index contributed by atoms with van der Waals surface area (Å²) in [5, 5.41) is 3.33. The lowest BCUT2D eigenvalue weighted by atomic mass is 10.0. The van der Waals surface area contributed by atoms with Gasteiger partial charge in [0.25, 0.3) is 0 Å². The number of rotatable bonds is 7. The minimum Gasteiger partial charge on any atom is -0.356 e. The van der Waals surface area contributed by atoms with Gasteiger partial charge in [-0.15, -0.1) is 0 Å². The van der Waals surface area contributed by atoms with Gasteiger partial charge in [-0.05, 0) is 31.7 Å². The first-order chi connectivity index (χ1) is 12.5. The summed E-state index contributed by atoms with van der Waals surface area (Å²) in [6, 6.07) is 10.4. The van der Waals surface area contributed by atoms with Gasteiger partial charge < -0.3 is 10.2 Å². The van der Waals surface area contributed by atoms with Crippen molar-refractivity contribution in [2.75, 3.05) is 39.0 Å². The molecule has 0 aliphatic carbocycles. The third kappa shape index (κ3) is 6.80. The van der Waals surface area contributed by atoms with Gasteiger partial charge in [-0.3, -0.25) is 4.99 Å². The Morgan fingerprint density at radius 1 is 1.19 bits per heavy atom. The van der Waals surface area contributed by atoms with Crippen molar-refractivity contribution in [1.82, 2.24) is 14.9 Å². The molecule has 0 amide bonds. The number of hydrogen-bond donors (Lipinski definition) is 2. The maximum Gasteiger partial charge on any atom is 0.211 e. The molecule has 1 aromatic carbocycles. The second-order valence-corrected chi connectivity index (χ2v) is 8.42. The van der Waals surface area contributed by atoms with Crippen molar-refractivity contribution in [3.05, 3.63) is 41.5 Å². The van der Waals surface area contributed by atoms with Gasteiger partial charge in [-0.2, -0.15) is 0 Å². The number of benzene rings is 1. The van der Waals surface area contributed by atoms with Crippen LogP contribution in [-0.2, 0) is 10.0 Å². The Kier molecular flexibility index (Phi) is 8.12. The number of piperidine rings is 1. The van der Waals surface area contributed by atoms with E-state index >= 15 is 0 Å². The molecule has 0 saturated carbocycles. The van der Waals surface area contributed by atoms with Gasteiger partial charge >= 0.3 is 0 Å². The zero-order valence-corrected chi connectivity index (χ0v) is 16.6. The van der Waals surface area contributed by atoms with E-state index in [0.29, 0.717) is 13.1 Å². The molecule has 26 heavy (non-hydrogen) atoms. The molecule has 0 aromatic heterocycles. The minimum absolute atomic E-state index is 0.120. The third-order valence-electron chi connectivity index (χ3n) is 4.43. The topological polar surface area (TPSA) is 73.8 Å². The van der Waals surface area contributed by atoms with E-state index in [2.05, 4.69) is 50.3 Å². The van der Waals surface area contributed by atoms with Gasteiger partial charge in [0, 0.05) is 33.2 Å². The molecule has 0 spiro atoms. The van der Waals surface area contributed by atoms with Gasteiger partial charge in [-0.1, -0.05) is 42.0 Å². The molecule has 1 saturated heterocycles. The second kappa shape index (κ2) is 10.3. The highest BCUT2D eigenvalue weighted by Crippen LogP contribution is 2.19. The fourth-order valence-electron chi connectivity index (χ4n) is 2.89. The third-order valence-corrected chi connectivity index (χ3v) is 5.83. The van der Waals surface area contributed by atoms with Gasteiger partial charge in [-0.25, -0.2) is 13.1 Å². The summed E-state index contributed by atoms with van der Waals surface area (Å²) >= 11 is 0. The molecular weight excluding hydrogens is 348 g/mol. The van der Waals surface area contributed by atoms with Crippen LogP contribution in [0.5, 0.6) is 0 Å². The summed E-state index contributed by atoms with van der Waals surface area (Å²) in [5.74, 6) is 1.01. The van der Waals surface area contributed by atoms with Crippen molar-refractivity contribution in [1.29, 1.82) is 0 Å². The van der Waals surface area contributed by atoms with Gasteiger partial charge in [0.15, 0.2) is 5.96 Å². The number of nitrogens with zero attached hydrogens (tertiary/aromatic N) is 2. The van der Waals surface area contributed by atoms with Crippen molar-refractivity contribution in [2.24, 2.45) is 4.99 Å². The lowest BCUT2D eigenvalue weighted by Gasteiger charge is -2.31. The molecule has 1 aliphatic rings. The summed E-state index contributed by atoms with van der Waals surface area (Å²) in [6.45, 7) is 4.67. The molecule has 144 valence electrons. The van der Waals surface area contributed by atoms with Crippen LogP contribution in [0.15, 0.2) is 40.9 Å². The summed E-state index contributed by atoms with van der Waals surface area (Å²) in [7, 11) is -1.31. The van der Waals surface area contributed by atoms with Crippen LogP contribution in [0.4, 0.5) is 0 Å². The van der Waals surface area contributed by atoms with Crippen LogP contribution in [0, 0.1) is 0 Å². The highest BCUT2D eigenvalue weighted by atomic mass is 32.2. The number of nitrogens with one attached hydrogen (secondary N) is 2. The van der Waals surface area contributed by atoms with Crippen molar-refractivity contribution >= 4 is 22.1 Å². The fourth-order valence-corrected chi connectivity index (χ4v) is 3.55. The van der Waals surface area contributed by atoms with E-state index in [-0.39, 0.29) is 5.75 Å². The van der Waals surface area contributed by atoms with Crippen LogP contribution < -0.4 is 10.0 Å². The molecule has 0 atom stereocenters. The van der Waals surface area contributed by atoms with Crippen LogP contribution in [0.25, 0.3) is 6.08 Å². The number of likely N-dealkylation sites (tertiary alicyclic amines) is 1. The average Bonchev–Trinajstić information content (AvgIpc) is 2.66. The Hall–Kier alpha value is -1.86. The Morgan fingerprint density at radius 2 is 1.88 bits per heavy atom. The van der Waals surface area contributed by atoms with E-state index in [4.69, 9.17) is 0 Å². The van der Waals surface area contributed by atoms with Crippen molar-refractivity contribution in [3.63, 3.8) is 0 Å². The standard InChI is InChI=1S/C19H30N4O2S/c1-3-26(24,25)22-13-7-12-21-19(20-2)23-14-10-18(11-15-23)16-17-8-5-4-6-9-17/h4-6,8-9,16,22H,3,7,10-15H2,1-2H3,(H,20,21). The molecule has 1 aliphatic heterocycles. The Balaban J connectivity index is 1.74. The lowest BCUT2D eigenvalue weighted by molar-refractivity contribution is 0.375. The monoisotopic (exact) mass is 378 g/mol. The van der Waals surface area contributed by atoms with Crippen LogP contribution in [0.3, 0.4) is 0 Å². The molecule has 1 aromatic rings. The lowest BCUT2D eigenvalue weighted by Crippen LogP contribution is -2.45. The van der Waals surface area contributed by atoms with Crippen molar-refractivity contribution in [2.45, 2.75) is 26.2 Å². The molecule has 1 heterocycles. The maximum atomic E-state index is 11.4. The average molecular weight is 379 g/mol. The molecule has 0 bridgehead atoms. The van der Waals surface area contributed by atoms with Crippen LogP contribution >= 0.6 is 0 Å². The predicted octanol–water partition coefficient (Wildman–Crippen LogP) is 2.07. The molecule has 6 nitrogen and oxygen atoms in total. The first kappa shape index (κ1) is 20.5. The van der Waals surface area contributed by atoms with Crippen LogP contribution in [-0.4, -0.2) is 58.3 Å². The van der Waals surface area contributed by atoms with Gasteiger partial charge in [0.2, 0.25) is 10.0 Å². The molecule has 0 unspecified atom stereocenters. The largest absolute Gasteiger partial charge is 0.356 e. The van der Waals surface area contributed by atoms with Crippen molar-refractivity contribution < 1.29 is 8.42 Å².